The van der Waals surface area contributed by atoms with Crippen molar-refractivity contribution in [2.24, 2.45) is 0 Å². The molecule has 0 saturated carbocycles. The van der Waals surface area contributed by atoms with Crippen LogP contribution >= 0.6 is 0 Å². The summed E-state index contributed by atoms with van der Waals surface area (Å²) < 4.78 is 10.1. The van der Waals surface area contributed by atoms with E-state index >= 15 is 0 Å². The maximum Gasteiger partial charge on any atom is 0.223 e. The molecule has 3 rings (SSSR count). The summed E-state index contributed by atoms with van der Waals surface area (Å²) in [7, 11) is 1.63. The van der Waals surface area contributed by atoms with Gasteiger partial charge in [0.25, 0.3) is 0 Å². The van der Waals surface area contributed by atoms with E-state index in [9.17, 15) is 0 Å². The molecular weight excluding hydrogens is 282 g/mol. The zero-order chi connectivity index (χ0) is 15.4. The van der Waals surface area contributed by atoms with Crippen LogP contribution in [-0.4, -0.2) is 58.2 Å². The van der Waals surface area contributed by atoms with Gasteiger partial charge in [0, 0.05) is 51.9 Å². The van der Waals surface area contributed by atoms with Gasteiger partial charge in [-0.15, -0.1) is 0 Å². The second-order valence-electron chi connectivity index (χ2n) is 5.49. The van der Waals surface area contributed by atoms with Crippen LogP contribution in [0.25, 0.3) is 0 Å². The Labute approximate surface area is 129 Å². The van der Waals surface area contributed by atoms with Gasteiger partial charge < -0.3 is 9.26 Å². The SMILES string of the molecule is COc1ccc(CN2CCN(Cc3noc(C)n3)CC2)cn1. The van der Waals surface area contributed by atoms with Gasteiger partial charge in [0.05, 0.1) is 13.7 Å². The highest BCUT2D eigenvalue weighted by Crippen LogP contribution is 2.12. The van der Waals surface area contributed by atoms with Gasteiger partial charge in [0.2, 0.25) is 11.8 Å². The van der Waals surface area contributed by atoms with Crippen LogP contribution in [0.4, 0.5) is 0 Å². The second-order valence-corrected chi connectivity index (χ2v) is 5.49. The molecule has 0 bridgehead atoms. The van der Waals surface area contributed by atoms with Gasteiger partial charge in [-0.1, -0.05) is 11.2 Å². The standard InChI is InChI=1S/C15H21N5O2/c1-12-17-14(18-22-12)11-20-7-5-19(6-8-20)10-13-3-4-15(21-2)16-9-13/h3-4,9H,5-8,10-11H2,1-2H3. The molecule has 0 spiro atoms. The Morgan fingerprint density at radius 1 is 1.14 bits per heavy atom. The van der Waals surface area contributed by atoms with Crippen LogP contribution < -0.4 is 4.74 Å². The fraction of sp³-hybridized carbons (Fsp3) is 0.533. The number of nitrogens with zero attached hydrogens (tertiary/aromatic N) is 5. The first-order valence-corrected chi connectivity index (χ1v) is 7.46. The lowest BCUT2D eigenvalue weighted by atomic mass is 10.2. The molecule has 0 atom stereocenters. The Morgan fingerprint density at radius 2 is 1.86 bits per heavy atom. The van der Waals surface area contributed by atoms with Crippen molar-refractivity contribution in [1.29, 1.82) is 0 Å². The number of ether oxygens (including phenoxy) is 1. The normalized spacial score (nSPS) is 16.8. The molecule has 2 aromatic heterocycles. The van der Waals surface area contributed by atoms with Crippen molar-refractivity contribution < 1.29 is 9.26 Å². The monoisotopic (exact) mass is 303 g/mol. The predicted octanol–water partition coefficient (Wildman–Crippen LogP) is 1.10. The van der Waals surface area contributed by atoms with Crippen LogP contribution in [0.1, 0.15) is 17.3 Å². The first kappa shape index (κ1) is 14.9. The Bertz CT molecular complexity index is 590. The summed E-state index contributed by atoms with van der Waals surface area (Å²) in [6.07, 6.45) is 1.88. The predicted molar refractivity (Wildman–Crippen MR) is 80.4 cm³/mol. The first-order chi connectivity index (χ1) is 10.7. The maximum atomic E-state index is 5.08. The minimum atomic E-state index is 0.626. The van der Waals surface area contributed by atoms with E-state index in [0.29, 0.717) is 11.8 Å². The fourth-order valence-corrected chi connectivity index (χ4v) is 2.59. The Hall–Kier alpha value is -1.99. The van der Waals surface area contributed by atoms with Crippen molar-refractivity contribution in [2.45, 2.75) is 20.0 Å². The molecule has 2 aromatic rings. The van der Waals surface area contributed by atoms with E-state index in [1.165, 1.54) is 5.56 Å². The summed E-state index contributed by atoms with van der Waals surface area (Å²) in [4.78, 5) is 13.3. The third kappa shape index (κ3) is 3.80. The number of piperazine rings is 1. The number of pyridine rings is 1. The van der Waals surface area contributed by atoms with Crippen molar-refractivity contribution >= 4 is 0 Å². The summed E-state index contributed by atoms with van der Waals surface area (Å²) >= 11 is 0. The smallest absolute Gasteiger partial charge is 0.223 e. The quantitative estimate of drug-likeness (QED) is 0.819. The lowest BCUT2D eigenvalue weighted by Gasteiger charge is -2.33. The molecule has 1 aliphatic heterocycles. The highest BCUT2D eigenvalue weighted by molar-refractivity contribution is 5.17. The molecular formula is C15H21N5O2. The first-order valence-electron chi connectivity index (χ1n) is 7.46. The lowest BCUT2D eigenvalue weighted by Crippen LogP contribution is -2.45. The molecule has 0 unspecified atom stereocenters. The van der Waals surface area contributed by atoms with Gasteiger partial charge in [0.15, 0.2) is 5.82 Å². The topological polar surface area (TPSA) is 67.5 Å². The molecule has 118 valence electrons. The van der Waals surface area contributed by atoms with Crippen LogP contribution in [0.5, 0.6) is 5.88 Å². The third-order valence-electron chi connectivity index (χ3n) is 3.81. The molecule has 0 radical (unpaired) electrons. The summed E-state index contributed by atoms with van der Waals surface area (Å²) in [5.74, 6) is 2.05. The Morgan fingerprint density at radius 3 is 2.41 bits per heavy atom. The van der Waals surface area contributed by atoms with E-state index < -0.39 is 0 Å². The second kappa shape index (κ2) is 6.85. The molecule has 1 saturated heterocycles. The fourth-order valence-electron chi connectivity index (χ4n) is 2.59. The van der Waals surface area contributed by atoms with E-state index in [1.807, 2.05) is 19.2 Å². The van der Waals surface area contributed by atoms with E-state index in [4.69, 9.17) is 9.26 Å². The number of hydrogen-bond acceptors (Lipinski definition) is 7. The largest absolute Gasteiger partial charge is 0.481 e. The highest BCUT2D eigenvalue weighted by atomic mass is 16.5. The molecule has 0 N–H and O–H groups in total. The van der Waals surface area contributed by atoms with Gasteiger partial charge in [-0.05, 0) is 5.56 Å². The van der Waals surface area contributed by atoms with Gasteiger partial charge in [-0.2, -0.15) is 4.98 Å². The summed E-state index contributed by atoms with van der Waals surface area (Å²) in [6.45, 7) is 7.58. The van der Waals surface area contributed by atoms with Crippen molar-refractivity contribution in [1.82, 2.24) is 24.9 Å². The van der Waals surface area contributed by atoms with E-state index in [2.05, 4.69) is 31.0 Å². The molecule has 0 amide bonds. The van der Waals surface area contributed by atoms with Gasteiger partial charge in [0.1, 0.15) is 0 Å². The number of hydrogen-bond donors (Lipinski definition) is 0. The summed E-state index contributed by atoms with van der Waals surface area (Å²) in [5, 5.41) is 3.95. The van der Waals surface area contributed by atoms with Gasteiger partial charge >= 0.3 is 0 Å². The lowest BCUT2D eigenvalue weighted by molar-refractivity contribution is 0.119. The maximum absolute atomic E-state index is 5.08. The van der Waals surface area contributed by atoms with Gasteiger partial charge in [-0.3, -0.25) is 9.80 Å². The molecule has 0 aliphatic carbocycles. The number of rotatable bonds is 5. The molecule has 3 heterocycles. The van der Waals surface area contributed by atoms with E-state index in [1.54, 1.807) is 7.11 Å². The minimum Gasteiger partial charge on any atom is -0.481 e. The van der Waals surface area contributed by atoms with Crippen molar-refractivity contribution in [3.05, 3.63) is 35.6 Å². The van der Waals surface area contributed by atoms with E-state index in [0.717, 1.165) is 45.1 Å². The molecule has 0 aromatic carbocycles. The molecule has 1 aliphatic rings. The van der Waals surface area contributed by atoms with Crippen LogP contribution in [0.15, 0.2) is 22.9 Å². The number of aromatic nitrogens is 3. The molecule has 7 heteroatoms. The Balaban J connectivity index is 1.46. The van der Waals surface area contributed by atoms with Gasteiger partial charge in [-0.25, -0.2) is 4.98 Å². The van der Waals surface area contributed by atoms with Crippen molar-refractivity contribution in [2.75, 3.05) is 33.3 Å². The van der Waals surface area contributed by atoms with Crippen LogP contribution in [0.3, 0.4) is 0 Å². The number of methoxy groups -OCH3 is 1. The summed E-state index contributed by atoms with van der Waals surface area (Å²) in [5.41, 5.74) is 1.21. The Kier molecular flexibility index (Phi) is 4.65. The average Bonchev–Trinajstić information content (AvgIpc) is 2.95. The van der Waals surface area contributed by atoms with Crippen LogP contribution in [-0.2, 0) is 13.1 Å². The van der Waals surface area contributed by atoms with Crippen LogP contribution in [0, 0.1) is 6.92 Å². The highest BCUT2D eigenvalue weighted by Gasteiger charge is 2.18. The van der Waals surface area contributed by atoms with E-state index in [-0.39, 0.29) is 0 Å². The van der Waals surface area contributed by atoms with Crippen LogP contribution in [0.2, 0.25) is 0 Å². The third-order valence-corrected chi connectivity index (χ3v) is 3.81. The molecule has 1 fully saturated rings. The zero-order valence-electron chi connectivity index (χ0n) is 13.0. The zero-order valence-corrected chi connectivity index (χ0v) is 13.0. The average molecular weight is 303 g/mol. The van der Waals surface area contributed by atoms with Crippen molar-refractivity contribution in [3.63, 3.8) is 0 Å². The number of aryl methyl sites for hydroxylation is 1. The summed E-state index contributed by atoms with van der Waals surface area (Å²) in [6, 6.07) is 3.98. The minimum absolute atomic E-state index is 0.626. The molecule has 22 heavy (non-hydrogen) atoms. The van der Waals surface area contributed by atoms with Crippen molar-refractivity contribution in [3.8, 4) is 5.88 Å². The molecule has 7 nitrogen and oxygen atoms in total.